The maximum Gasteiger partial charge on any atom is 0.226 e. The van der Waals surface area contributed by atoms with E-state index >= 15 is 0 Å². The van der Waals surface area contributed by atoms with Gasteiger partial charge in [0.25, 0.3) is 0 Å². The molecule has 0 atom stereocenters. The van der Waals surface area contributed by atoms with E-state index in [9.17, 15) is 5.11 Å². The molecule has 0 radical (unpaired) electrons. The number of rotatable bonds is 8. The van der Waals surface area contributed by atoms with E-state index in [1.54, 1.807) is 6.26 Å². The normalized spacial score (nSPS) is 13.5. The molecule has 37 heavy (non-hydrogen) atoms. The maximum atomic E-state index is 11.0. The second-order valence-electron chi connectivity index (χ2n) is 12.0. The number of phenols is 1. The van der Waals surface area contributed by atoms with Crippen LogP contribution in [-0.2, 0) is 23.8 Å². The first-order valence-electron chi connectivity index (χ1n) is 13.7. The zero-order chi connectivity index (χ0) is 27.1. The summed E-state index contributed by atoms with van der Waals surface area (Å²) in [6.07, 6.45) is 8.35. The fraction of sp³-hybridized carbons (Fsp3) is 0.531. The molecule has 0 aliphatic heterocycles. The lowest BCUT2D eigenvalue weighted by atomic mass is 9.78. The van der Waals surface area contributed by atoms with Gasteiger partial charge in [0.1, 0.15) is 17.8 Å². The molecule has 3 aromatic rings. The van der Waals surface area contributed by atoms with Crippen LogP contribution >= 0.6 is 0 Å². The molecule has 0 saturated heterocycles. The zero-order valence-corrected chi connectivity index (χ0v) is 23.9. The molecule has 1 fully saturated rings. The topological polar surface area (TPSA) is 67.5 Å². The number of nitrogens with one attached hydrogen (secondary N) is 1. The van der Waals surface area contributed by atoms with Crippen molar-refractivity contribution in [2.45, 2.75) is 97.9 Å². The van der Waals surface area contributed by atoms with Crippen molar-refractivity contribution in [2.24, 2.45) is 0 Å². The molecular weight excluding hydrogens is 460 g/mol. The number of oxazole rings is 1. The minimum Gasteiger partial charge on any atom is -0.507 e. The summed E-state index contributed by atoms with van der Waals surface area (Å²) < 4.78 is 11.9. The van der Waals surface area contributed by atoms with Gasteiger partial charge in [0.15, 0.2) is 0 Å². The number of phenolic OH excluding ortho intramolecular Hbond substituents is 1. The van der Waals surface area contributed by atoms with Gasteiger partial charge in [0.05, 0.1) is 12.3 Å². The summed E-state index contributed by atoms with van der Waals surface area (Å²) in [6.45, 7) is 16.9. The van der Waals surface area contributed by atoms with Crippen LogP contribution < -0.4 is 10.1 Å². The van der Waals surface area contributed by atoms with Gasteiger partial charge in [-0.25, -0.2) is 4.98 Å². The number of para-hydroxylation sites is 1. The van der Waals surface area contributed by atoms with Gasteiger partial charge in [-0.15, -0.1) is 0 Å². The van der Waals surface area contributed by atoms with Gasteiger partial charge in [-0.2, -0.15) is 0 Å². The van der Waals surface area contributed by atoms with Crippen LogP contribution in [-0.4, -0.2) is 23.2 Å². The Morgan fingerprint density at radius 3 is 2.08 bits per heavy atom. The van der Waals surface area contributed by atoms with Crippen molar-refractivity contribution >= 4 is 0 Å². The average molecular weight is 507 g/mol. The van der Waals surface area contributed by atoms with E-state index in [1.807, 2.05) is 30.3 Å². The molecule has 0 amide bonds. The Hall–Kier alpha value is -2.79. The largest absolute Gasteiger partial charge is 0.507 e. The van der Waals surface area contributed by atoms with Crippen LogP contribution in [0.25, 0.3) is 11.5 Å². The van der Waals surface area contributed by atoms with Gasteiger partial charge < -0.3 is 19.6 Å². The van der Waals surface area contributed by atoms with Crippen molar-refractivity contribution in [1.29, 1.82) is 0 Å². The SMILES string of the molecule is C1CCC1.CCNCc1ccccc1OCCc1coc(-c2cc(C(C)(C)C)c(O)c(C(C)(C)C)c2)n1. The Bertz CT molecular complexity index is 1090. The third kappa shape index (κ3) is 8.10. The van der Waals surface area contributed by atoms with Crippen molar-refractivity contribution in [3.63, 3.8) is 0 Å². The van der Waals surface area contributed by atoms with Crippen LogP contribution in [0.15, 0.2) is 47.1 Å². The Morgan fingerprint density at radius 1 is 0.946 bits per heavy atom. The highest BCUT2D eigenvalue weighted by Crippen LogP contribution is 2.41. The first-order chi connectivity index (χ1) is 17.5. The molecule has 202 valence electrons. The van der Waals surface area contributed by atoms with E-state index in [0.717, 1.165) is 46.8 Å². The second-order valence-corrected chi connectivity index (χ2v) is 12.0. The van der Waals surface area contributed by atoms with Crippen LogP contribution in [0.1, 0.15) is 96.5 Å². The molecule has 1 aromatic heterocycles. The van der Waals surface area contributed by atoms with E-state index in [-0.39, 0.29) is 10.8 Å². The predicted molar refractivity (Wildman–Crippen MR) is 152 cm³/mol. The number of hydrogen-bond acceptors (Lipinski definition) is 5. The summed E-state index contributed by atoms with van der Waals surface area (Å²) in [6, 6.07) is 12.1. The number of benzene rings is 2. The Balaban J connectivity index is 0.000000865. The lowest BCUT2D eigenvalue weighted by Gasteiger charge is -2.27. The maximum absolute atomic E-state index is 11.0. The fourth-order valence-corrected chi connectivity index (χ4v) is 4.02. The van der Waals surface area contributed by atoms with Crippen molar-refractivity contribution in [3.8, 4) is 23.0 Å². The molecule has 1 heterocycles. The molecule has 1 saturated carbocycles. The summed E-state index contributed by atoms with van der Waals surface area (Å²) in [5, 5.41) is 14.3. The fourth-order valence-electron chi connectivity index (χ4n) is 4.02. The molecule has 0 unspecified atom stereocenters. The molecule has 5 nitrogen and oxygen atoms in total. The molecule has 1 aliphatic carbocycles. The molecule has 2 N–H and O–H groups in total. The molecule has 5 heteroatoms. The minimum atomic E-state index is -0.205. The molecule has 2 aromatic carbocycles. The smallest absolute Gasteiger partial charge is 0.226 e. The molecule has 0 bridgehead atoms. The van der Waals surface area contributed by atoms with Crippen LogP contribution in [0.4, 0.5) is 0 Å². The third-order valence-electron chi connectivity index (χ3n) is 6.68. The van der Waals surface area contributed by atoms with Crippen LogP contribution in [0, 0.1) is 0 Å². The monoisotopic (exact) mass is 506 g/mol. The molecule has 0 spiro atoms. The Labute approximate surface area is 223 Å². The number of aromatic hydroxyl groups is 1. The summed E-state index contributed by atoms with van der Waals surface area (Å²) in [4.78, 5) is 4.72. The van der Waals surface area contributed by atoms with Crippen LogP contribution in [0.5, 0.6) is 11.5 Å². The standard InChI is InChI=1S/C28H38N2O3.C4H8/c1-8-29-17-19-11-9-10-12-24(19)32-14-13-21-18-33-26(30-21)20-15-22(27(2,3)4)25(31)23(16-20)28(5,6)7;1-2-4-3-1/h9-12,15-16,18,29,31H,8,13-14,17H2,1-7H3;1-4H2. The Kier molecular flexibility index (Phi) is 9.83. The third-order valence-corrected chi connectivity index (χ3v) is 6.68. The van der Waals surface area contributed by atoms with Gasteiger partial charge in [-0.1, -0.05) is 92.3 Å². The van der Waals surface area contributed by atoms with Crippen molar-refractivity contribution in [3.05, 3.63) is 65.0 Å². The zero-order valence-electron chi connectivity index (χ0n) is 23.9. The highest BCUT2D eigenvalue weighted by Gasteiger charge is 2.27. The molecule has 4 rings (SSSR count). The van der Waals surface area contributed by atoms with E-state index in [2.05, 4.69) is 59.8 Å². The van der Waals surface area contributed by atoms with Gasteiger partial charge in [-0.05, 0) is 35.6 Å². The van der Waals surface area contributed by atoms with Crippen molar-refractivity contribution in [1.82, 2.24) is 10.3 Å². The lowest BCUT2D eigenvalue weighted by Crippen LogP contribution is -2.17. The van der Waals surface area contributed by atoms with E-state index in [4.69, 9.17) is 14.1 Å². The van der Waals surface area contributed by atoms with Crippen LogP contribution in [0.3, 0.4) is 0 Å². The van der Waals surface area contributed by atoms with Gasteiger partial charge >= 0.3 is 0 Å². The lowest BCUT2D eigenvalue weighted by molar-refractivity contribution is 0.316. The number of ether oxygens (including phenoxy) is 1. The Morgan fingerprint density at radius 2 is 1.54 bits per heavy atom. The highest BCUT2D eigenvalue weighted by atomic mass is 16.5. The highest BCUT2D eigenvalue weighted by molar-refractivity contribution is 5.63. The summed E-state index contributed by atoms with van der Waals surface area (Å²) in [5.74, 6) is 1.81. The molecular formula is C32H46N2O3. The van der Waals surface area contributed by atoms with Gasteiger partial charge in [0.2, 0.25) is 5.89 Å². The number of nitrogens with zero attached hydrogens (tertiary/aromatic N) is 1. The predicted octanol–water partition coefficient (Wildman–Crippen LogP) is 7.93. The minimum absolute atomic E-state index is 0.205. The van der Waals surface area contributed by atoms with Gasteiger partial charge in [0, 0.05) is 35.2 Å². The van der Waals surface area contributed by atoms with Gasteiger partial charge in [-0.3, -0.25) is 0 Å². The average Bonchev–Trinajstić information content (AvgIpc) is 3.25. The van der Waals surface area contributed by atoms with E-state index in [1.165, 1.54) is 25.7 Å². The summed E-state index contributed by atoms with van der Waals surface area (Å²) in [5.41, 5.74) is 4.25. The quantitative estimate of drug-likeness (QED) is 0.325. The summed E-state index contributed by atoms with van der Waals surface area (Å²) >= 11 is 0. The van der Waals surface area contributed by atoms with Crippen molar-refractivity contribution in [2.75, 3.05) is 13.2 Å². The first-order valence-corrected chi connectivity index (χ1v) is 13.7. The second kappa shape index (κ2) is 12.6. The van der Waals surface area contributed by atoms with E-state index in [0.29, 0.717) is 24.7 Å². The first kappa shape index (κ1) is 28.8. The number of aromatic nitrogens is 1. The number of hydrogen-bond donors (Lipinski definition) is 2. The van der Waals surface area contributed by atoms with Crippen molar-refractivity contribution < 1.29 is 14.3 Å². The molecule has 1 aliphatic rings. The van der Waals surface area contributed by atoms with Crippen LogP contribution in [0.2, 0.25) is 0 Å². The van der Waals surface area contributed by atoms with E-state index < -0.39 is 0 Å². The summed E-state index contributed by atoms with van der Waals surface area (Å²) in [7, 11) is 0.